The van der Waals surface area contributed by atoms with E-state index in [4.69, 9.17) is 4.74 Å². The van der Waals surface area contributed by atoms with Gasteiger partial charge in [-0.05, 0) is 69.2 Å². The Balaban J connectivity index is 1.35. The molecule has 1 fully saturated rings. The van der Waals surface area contributed by atoms with Crippen LogP contribution >= 0.6 is 0 Å². The number of fused-ring (bicyclic) bond motifs is 4. The largest absolute Gasteiger partial charge is 0.492 e. The zero-order valence-corrected chi connectivity index (χ0v) is 22.1. The normalized spacial score (nSPS) is 19.3. The molecule has 8 nitrogen and oxygen atoms in total. The molecular weight excluding hydrogens is 480 g/mol. The summed E-state index contributed by atoms with van der Waals surface area (Å²) in [6.45, 7) is 3.62. The number of nitrogens with zero attached hydrogens (tertiary/aromatic N) is 4. The molecule has 2 amide bonds. The molecule has 2 bridgehead atoms. The van der Waals surface area contributed by atoms with Crippen LogP contribution in [0.25, 0.3) is 10.8 Å². The molecule has 3 heterocycles. The lowest BCUT2D eigenvalue weighted by molar-refractivity contribution is -0.136. The topological polar surface area (TPSA) is 84.7 Å². The number of carbonyl (C=O) groups is 2. The second kappa shape index (κ2) is 11.8. The Morgan fingerprint density at radius 3 is 2.66 bits per heavy atom. The van der Waals surface area contributed by atoms with Crippen LogP contribution in [0.4, 0.5) is 0 Å². The van der Waals surface area contributed by atoms with Crippen LogP contribution in [0.2, 0.25) is 0 Å². The smallest absolute Gasteiger partial charge is 0.275 e. The standard InChI is InChI=1S/C30H36N4O4/c1-22-26-11-2-3-12-27(26)30(37)34(31-22)21-29(36)32-16-7-13-28(35)33-17-5-4-9-24(33)15-14-23-8-6-10-25(20-23)38-19-18-32/h2-3,6,8,10-12,20,24H,4-5,7,9,13-19,21H2,1H3. The van der Waals surface area contributed by atoms with Gasteiger partial charge in [0.2, 0.25) is 11.8 Å². The summed E-state index contributed by atoms with van der Waals surface area (Å²) in [6, 6.07) is 15.7. The number of amides is 2. The third-order valence-corrected chi connectivity index (χ3v) is 7.75. The van der Waals surface area contributed by atoms with Crippen molar-refractivity contribution in [3.63, 3.8) is 0 Å². The van der Waals surface area contributed by atoms with Gasteiger partial charge >= 0.3 is 0 Å². The molecule has 200 valence electrons. The van der Waals surface area contributed by atoms with Gasteiger partial charge in [-0.15, -0.1) is 0 Å². The summed E-state index contributed by atoms with van der Waals surface area (Å²) in [7, 11) is 0. The first kappa shape index (κ1) is 25.9. The van der Waals surface area contributed by atoms with Gasteiger partial charge in [0.05, 0.1) is 17.6 Å². The van der Waals surface area contributed by atoms with E-state index >= 15 is 0 Å². The highest BCUT2D eigenvalue weighted by Crippen LogP contribution is 2.24. The molecule has 5 rings (SSSR count). The first-order valence-electron chi connectivity index (χ1n) is 13.7. The Morgan fingerprint density at radius 1 is 0.947 bits per heavy atom. The molecule has 1 saturated heterocycles. The van der Waals surface area contributed by atoms with Crippen LogP contribution < -0.4 is 10.3 Å². The Hall–Kier alpha value is -3.68. The SMILES string of the molecule is Cc1nn(CC(=O)N2CCCC(=O)N3CCCCC3CCc3cccc(c3)OCC2)c(=O)c2ccccc12. The van der Waals surface area contributed by atoms with Crippen molar-refractivity contribution in [1.29, 1.82) is 0 Å². The summed E-state index contributed by atoms with van der Waals surface area (Å²) in [5.41, 5.74) is 1.62. The Bertz CT molecular complexity index is 1370. The van der Waals surface area contributed by atoms with Crippen LogP contribution in [0.15, 0.2) is 53.3 Å². The Kier molecular flexibility index (Phi) is 8.05. The molecule has 2 aromatic carbocycles. The molecule has 1 aromatic heterocycles. The number of rotatable bonds is 2. The van der Waals surface area contributed by atoms with Crippen LogP contribution in [0.5, 0.6) is 5.75 Å². The van der Waals surface area contributed by atoms with E-state index < -0.39 is 0 Å². The summed E-state index contributed by atoms with van der Waals surface area (Å²) >= 11 is 0. The monoisotopic (exact) mass is 516 g/mol. The van der Waals surface area contributed by atoms with E-state index in [1.54, 1.807) is 11.0 Å². The number of hydrogen-bond donors (Lipinski definition) is 0. The molecule has 2 aliphatic rings. The third kappa shape index (κ3) is 5.90. The summed E-state index contributed by atoms with van der Waals surface area (Å²) in [6.07, 6.45) is 6.07. The maximum atomic E-state index is 13.4. The number of aryl methyl sites for hydroxylation is 2. The van der Waals surface area contributed by atoms with Crippen LogP contribution in [0.3, 0.4) is 0 Å². The van der Waals surface area contributed by atoms with Gasteiger partial charge in [-0.3, -0.25) is 14.4 Å². The maximum Gasteiger partial charge on any atom is 0.275 e. The highest BCUT2D eigenvalue weighted by atomic mass is 16.5. The van der Waals surface area contributed by atoms with E-state index in [1.807, 2.05) is 37.3 Å². The molecule has 0 aliphatic carbocycles. The fourth-order valence-electron chi connectivity index (χ4n) is 5.69. The molecule has 0 saturated carbocycles. The highest BCUT2D eigenvalue weighted by Gasteiger charge is 2.27. The van der Waals surface area contributed by atoms with Gasteiger partial charge < -0.3 is 14.5 Å². The average Bonchev–Trinajstić information content (AvgIpc) is 2.94. The summed E-state index contributed by atoms with van der Waals surface area (Å²) in [5, 5.41) is 5.75. The molecule has 38 heavy (non-hydrogen) atoms. The van der Waals surface area contributed by atoms with Gasteiger partial charge in [-0.1, -0.05) is 30.3 Å². The molecule has 1 unspecified atom stereocenters. The predicted octanol–water partition coefficient (Wildman–Crippen LogP) is 3.72. The van der Waals surface area contributed by atoms with Gasteiger partial charge in [0, 0.05) is 30.9 Å². The first-order valence-corrected chi connectivity index (χ1v) is 13.7. The number of aromatic nitrogens is 2. The van der Waals surface area contributed by atoms with Crippen molar-refractivity contribution in [3.8, 4) is 5.75 Å². The highest BCUT2D eigenvalue weighted by molar-refractivity contribution is 5.84. The minimum absolute atomic E-state index is 0.151. The molecule has 0 radical (unpaired) electrons. The zero-order chi connectivity index (χ0) is 26.5. The minimum Gasteiger partial charge on any atom is -0.492 e. The second-order valence-corrected chi connectivity index (χ2v) is 10.3. The van der Waals surface area contributed by atoms with E-state index in [-0.39, 0.29) is 30.0 Å². The van der Waals surface area contributed by atoms with Crippen molar-refractivity contribution in [2.45, 2.75) is 64.5 Å². The Morgan fingerprint density at radius 2 is 1.79 bits per heavy atom. The van der Waals surface area contributed by atoms with E-state index in [9.17, 15) is 14.4 Å². The summed E-state index contributed by atoms with van der Waals surface area (Å²) < 4.78 is 7.28. The van der Waals surface area contributed by atoms with Gasteiger partial charge in [-0.2, -0.15) is 5.10 Å². The van der Waals surface area contributed by atoms with Crippen molar-refractivity contribution < 1.29 is 14.3 Å². The molecule has 0 N–H and O–H groups in total. The van der Waals surface area contributed by atoms with Crippen LogP contribution in [0, 0.1) is 6.92 Å². The first-order chi connectivity index (χ1) is 18.5. The van der Waals surface area contributed by atoms with E-state index in [1.165, 1.54) is 10.2 Å². The van der Waals surface area contributed by atoms with Crippen LogP contribution in [-0.2, 0) is 22.6 Å². The molecular formula is C30H36N4O4. The van der Waals surface area contributed by atoms with Crippen molar-refractivity contribution in [2.75, 3.05) is 26.2 Å². The molecule has 0 spiro atoms. The van der Waals surface area contributed by atoms with E-state index in [2.05, 4.69) is 22.1 Å². The predicted molar refractivity (Wildman–Crippen MR) is 146 cm³/mol. The van der Waals surface area contributed by atoms with Gasteiger partial charge in [0.25, 0.3) is 5.56 Å². The van der Waals surface area contributed by atoms with E-state index in [0.717, 1.165) is 49.8 Å². The molecule has 2 aliphatic heterocycles. The fraction of sp³-hybridized carbons (Fsp3) is 0.467. The van der Waals surface area contributed by atoms with E-state index in [0.29, 0.717) is 43.6 Å². The van der Waals surface area contributed by atoms with Crippen molar-refractivity contribution in [3.05, 3.63) is 70.1 Å². The number of hydrogen-bond acceptors (Lipinski definition) is 5. The van der Waals surface area contributed by atoms with Crippen molar-refractivity contribution in [1.82, 2.24) is 19.6 Å². The quantitative estimate of drug-likeness (QED) is 0.518. The fourth-order valence-corrected chi connectivity index (χ4v) is 5.69. The third-order valence-electron chi connectivity index (χ3n) is 7.75. The average molecular weight is 517 g/mol. The molecule has 8 heteroatoms. The lowest BCUT2D eigenvalue weighted by Crippen LogP contribution is -2.44. The summed E-state index contributed by atoms with van der Waals surface area (Å²) in [4.78, 5) is 43.4. The second-order valence-electron chi connectivity index (χ2n) is 10.3. The van der Waals surface area contributed by atoms with Crippen LogP contribution in [0.1, 0.15) is 49.8 Å². The molecule has 1 atom stereocenters. The lowest BCUT2D eigenvalue weighted by Gasteiger charge is -2.36. The number of benzene rings is 2. The zero-order valence-electron chi connectivity index (χ0n) is 22.1. The van der Waals surface area contributed by atoms with Gasteiger partial charge in [0.1, 0.15) is 18.9 Å². The van der Waals surface area contributed by atoms with Gasteiger partial charge in [-0.25, -0.2) is 4.68 Å². The van der Waals surface area contributed by atoms with Crippen molar-refractivity contribution in [2.24, 2.45) is 0 Å². The number of carbonyl (C=O) groups excluding carboxylic acids is 2. The maximum absolute atomic E-state index is 13.4. The van der Waals surface area contributed by atoms with Gasteiger partial charge in [0.15, 0.2) is 0 Å². The number of ether oxygens (including phenoxy) is 1. The van der Waals surface area contributed by atoms with Crippen LogP contribution in [-0.4, -0.2) is 63.7 Å². The number of piperidine rings is 1. The Labute approximate surface area is 223 Å². The summed E-state index contributed by atoms with van der Waals surface area (Å²) in [5.74, 6) is 0.744. The lowest BCUT2D eigenvalue weighted by atomic mass is 9.95. The molecule has 3 aromatic rings. The minimum atomic E-state index is -0.280. The van der Waals surface area contributed by atoms with Crippen molar-refractivity contribution >= 4 is 22.6 Å².